The van der Waals surface area contributed by atoms with Gasteiger partial charge in [-0.3, -0.25) is 15.0 Å². The smallest absolute Gasteiger partial charge is 0.259 e. The molecule has 2 atom stereocenters. The highest BCUT2D eigenvalue weighted by Gasteiger charge is 2.35. The molecule has 0 spiro atoms. The molecule has 2 aliphatic heterocycles. The Morgan fingerprint density at radius 3 is 2.50 bits per heavy atom. The van der Waals surface area contributed by atoms with Crippen molar-refractivity contribution in [3.05, 3.63) is 23.8 Å². The van der Waals surface area contributed by atoms with Crippen LogP contribution in [0.25, 0.3) is 0 Å². The van der Waals surface area contributed by atoms with Gasteiger partial charge >= 0.3 is 0 Å². The maximum absolute atomic E-state index is 12.9. The Kier molecular flexibility index (Phi) is 7.07. The standard InChI is InChI=1S/C19H29N5O4/c1-27-14-6-5-7-15(28-2)16(14)18(25)22-13-12-21-23-17(13)19(26)20-8-11-24-9-3-4-10-24/h5-7,13,17,21,23H,3-4,8-12H2,1-2H3,(H,20,26)(H,22,25). The minimum Gasteiger partial charge on any atom is -0.496 e. The number of nitrogens with one attached hydrogen (secondary N) is 4. The summed E-state index contributed by atoms with van der Waals surface area (Å²) in [5.74, 6) is 0.353. The Bertz CT molecular complexity index is 671. The first-order chi connectivity index (χ1) is 13.6. The van der Waals surface area contributed by atoms with Gasteiger partial charge in [-0.15, -0.1) is 0 Å². The number of ether oxygens (including phenoxy) is 2. The molecular formula is C19H29N5O4. The molecule has 2 aliphatic rings. The third kappa shape index (κ3) is 4.73. The number of carbonyl (C=O) groups is 2. The molecule has 28 heavy (non-hydrogen) atoms. The zero-order valence-corrected chi connectivity index (χ0v) is 16.4. The maximum atomic E-state index is 12.9. The second kappa shape index (κ2) is 9.72. The molecule has 1 aromatic rings. The minimum absolute atomic E-state index is 0.138. The lowest BCUT2D eigenvalue weighted by Gasteiger charge is -2.21. The van der Waals surface area contributed by atoms with Crippen LogP contribution in [0.4, 0.5) is 0 Å². The van der Waals surface area contributed by atoms with Crippen molar-refractivity contribution < 1.29 is 19.1 Å². The van der Waals surface area contributed by atoms with E-state index in [1.54, 1.807) is 18.2 Å². The molecule has 154 valence electrons. The van der Waals surface area contributed by atoms with Gasteiger partial charge in [0.05, 0.1) is 20.3 Å². The predicted octanol–water partition coefficient (Wildman–Crippen LogP) is -0.509. The quantitative estimate of drug-likeness (QED) is 0.473. The normalized spacial score (nSPS) is 22.1. The van der Waals surface area contributed by atoms with Gasteiger partial charge in [0.25, 0.3) is 5.91 Å². The SMILES string of the molecule is COc1cccc(OC)c1C(=O)NC1CNNC1C(=O)NCCN1CCCC1. The maximum Gasteiger partial charge on any atom is 0.259 e. The van der Waals surface area contributed by atoms with E-state index >= 15 is 0 Å². The van der Waals surface area contributed by atoms with Gasteiger partial charge in [0, 0.05) is 19.6 Å². The summed E-state index contributed by atoms with van der Waals surface area (Å²) in [5, 5.41) is 5.87. The molecule has 9 heteroatoms. The molecule has 0 aromatic heterocycles. The van der Waals surface area contributed by atoms with E-state index in [0.29, 0.717) is 30.2 Å². The molecule has 0 saturated carbocycles. The monoisotopic (exact) mass is 391 g/mol. The number of nitrogens with zero attached hydrogens (tertiary/aromatic N) is 1. The van der Waals surface area contributed by atoms with Crippen LogP contribution in [-0.4, -0.2) is 75.7 Å². The lowest BCUT2D eigenvalue weighted by atomic mass is 10.1. The third-order valence-electron chi connectivity index (χ3n) is 5.16. The van der Waals surface area contributed by atoms with Gasteiger partial charge in [-0.1, -0.05) is 6.07 Å². The number of carbonyl (C=O) groups excluding carboxylic acids is 2. The first-order valence-electron chi connectivity index (χ1n) is 9.64. The highest BCUT2D eigenvalue weighted by atomic mass is 16.5. The number of hydrogen-bond donors (Lipinski definition) is 4. The van der Waals surface area contributed by atoms with Gasteiger partial charge in [0.15, 0.2) is 0 Å². The summed E-state index contributed by atoms with van der Waals surface area (Å²) in [6.07, 6.45) is 2.45. The van der Waals surface area contributed by atoms with Crippen LogP contribution in [0.3, 0.4) is 0 Å². The van der Waals surface area contributed by atoms with E-state index in [0.717, 1.165) is 19.6 Å². The molecule has 3 rings (SSSR count). The van der Waals surface area contributed by atoms with E-state index in [9.17, 15) is 9.59 Å². The summed E-state index contributed by atoms with van der Waals surface area (Å²) in [6, 6.07) is 4.21. The fourth-order valence-corrected chi connectivity index (χ4v) is 3.65. The number of hydrogen-bond acceptors (Lipinski definition) is 7. The van der Waals surface area contributed by atoms with Gasteiger partial charge in [-0.2, -0.15) is 0 Å². The minimum atomic E-state index is -0.553. The summed E-state index contributed by atoms with van der Waals surface area (Å²) in [7, 11) is 3.00. The van der Waals surface area contributed by atoms with Crippen molar-refractivity contribution >= 4 is 11.8 Å². The van der Waals surface area contributed by atoms with Crippen molar-refractivity contribution in [2.24, 2.45) is 0 Å². The Balaban J connectivity index is 1.58. The second-order valence-corrected chi connectivity index (χ2v) is 6.96. The van der Waals surface area contributed by atoms with Gasteiger partial charge in [-0.05, 0) is 38.1 Å². The van der Waals surface area contributed by atoms with E-state index in [1.807, 2.05) is 0 Å². The molecule has 0 bridgehead atoms. The Morgan fingerprint density at radius 2 is 1.86 bits per heavy atom. The molecule has 0 aliphatic carbocycles. The van der Waals surface area contributed by atoms with Gasteiger partial charge in [0.1, 0.15) is 23.1 Å². The first kappa shape index (κ1) is 20.4. The summed E-state index contributed by atoms with van der Waals surface area (Å²) in [5.41, 5.74) is 6.21. The molecular weight excluding hydrogens is 362 g/mol. The van der Waals surface area contributed by atoms with E-state index in [1.165, 1.54) is 27.1 Å². The number of hydrazine groups is 1. The number of amides is 2. The van der Waals surface area contributed by atoms with E-state index in [-0.39, 0.29) is 11.8 Å². The highest BCUT2D eigenvalue weighted by Crippen LogP contribution is 2.28. The third-order valence-corrected chi connectivity index (χ3v) is 5.16. The van der Waals surface area contributed by atoms with Crippen LogP contribution < -0.4 is 31.0 Å². The van der Waals surface area contributed by atoms with Crippen LogP contribution in [-0.2, 0) is 4.79 Å². The molecule has 2 amide bonds. The summed E-state index contributed by atoms with van der Waals surface area (Å²) < 4.78 is 10.6. The molecule has 2 saturated heterocycles. The lowest BCUT2D eigenvalue weighted by Crippen LogP contribution is -2.53. The fraction of sp³-hybridized carbons (Fsp3) is 0.579. The molecule has 1 aromatic carbocycles. The zero-order valence-electron chi connectivity index (χ0n) is 16.4. The molecule has 0 radical (unpaired) electrons. The number of rotatable bonds is 8. The molecule has 2 fully saturated rings. The summed E-state index contributed by atoms with van der Waals surface area (Å²) >= 11 is 0. The van der Waals surface area contributed by atoms with Gasteiger partial charge in [-0.25, -0.2) is 5.43 Å². The Morgan fingerprint density at radius 1 is 1.18 bits per heavy atom. The van der Waals surface area contributed by atoms with Gasteiger partial charge < -0.3 is 25.0 Å². The summed E-state index contributed by atoms with van der Waals surface area (Å²) in [4.78, 5) is 27.8. The van der Waals surface area contributed by atoms with Crippen LogP contribution in [0.1, 0.15) is 23.2 Å². The van der Waals surface area contributed by atoms with Crippen molar-refractivity contribution in [3.63, 3.8) is 0 Å². The average molecular weight is 391 g/mol. The van der Waals surface area contributed by atoms with E-state index in [2.05, 4.69) is 26.4 Å². The summed E-state index contributed by atoms with van der Waals surface area (Å²) in [6.45, 7) is 4.07. The predicted molar refractivity (Wildman–Crippen MR) is 104 cm³/mol. The second-order valence-electron chi connectivity index (χ2n) is 6.96. The van der Waals surface area contributed by atoms with Crippen molar-refractivity contribution in [1.29, 1.82) is 0 Å². The molecule has 4 N–H and O–H groups in total. The van der Waals surface area contributed by atoms with Crippen molar-refractivity contribution in [1.82, 2.24) is 26.4 Å². The van der Waals surface area contributed by atoms with Crippen LogP contribution in [0, 0.1) is 0 Å². The molecule has 2 heterocycles. The van der Waals surface area contributed by atoms with Crippen LogP contribution in [0.2, 0.25) is 0 Å². The number of methoxy groups -OCH3 is 2. The lowest BCUT2D eigenvalue weighted by molar-refractivity contribution is -0.123. The van der Waals surface area contributed by atoms with Crippen LogP contribution >= 0.6 is 0 Å². The Hall–Kier alpha value is -2.36. The molecule has 2 unspecified atom stereocenters. The van der Waals surface area contributed by atoms with Crippen molar-refractivity contribution in [2.45, 2.75) is 24.9 Å². The van der Waals surface area contributed by atoms with Crippen molar-refractivity contribution in [3.8, 4) is 11.5 Å². The largest absolute Gasteiger partial charge is 0.496 e. The first-order valence-corrected chi connectivity index (χ1v) is 9.64. The van der Waals surface area contributed by atoms with E-state index < -0.39 is 12.1 Å². The van der Waals surface area contributed by atoms with Crippen molar-refractivity contribution in [2.75, 3.05) is 46.9 Å². The topological polar surface area (TPSA) is 104 Å². The van der Waals surface area contributed by atoms with Crippen LogP contribution in [0.5, 0.6) is 11.5 Å². The molecule has 9 nitrogen and oxygen atoms in total. The Labute approximate surface area is 165 Å². The van der Waals surface area contributed by atoms with Gasteiger partial charge in [0.2, 0.25) is 5.91 Å². The highest BCUT2D eigenvalue weighted by molar-refractivity contribution is 6.00. The fourth-order valence-electron chi connectivity index (χ4n) is 3.65. The van der Waals surface area contributed by atoms with Crippen LogP contribution in [0.15, 0.2) is 18.2 Å². The zero-order chi connectivity index (χ0) is 19.9. The number of likely N-dealkylation sites (tertiary alicyclic amines) is 1. The van der Waals surface area contributed by atoms with E-state index in [4.69, 9.17) is 9.47 Å². The number of benzene rings is 1. The average Bonchev–Trinajstić information content (AvgIpc) is 3.39.